The molecular weight excluding hydrogens is 230 g/mol. The second-order valence-electron chi connectivity index (χ2n) is 2.97. The van der Waals surface area contributed by atoms with E-state index >= 15 is 0 Å². The maximum Gasteiger partial charge on any atom is 0.175 e. The van der Waals surface area contributed by atoms with E-state index in [4.69, 9.17) is 0 Å². The van der Waals surface area contributed by atoms with Crippen molar-refractivity contribution < 1.29 is 4.79 Å². The molecule has 0 saturated carbocycles. The van der Waals surface area contributed by atoms with Crippen LogP contribution < -0.4 is 0 Å². The zero-order valence-corrected chi connectivity index (χ0v) is 8.68. The van der Waals surface area contributed by atoms with Crippen LogP contribution in [0.3, 0.4) is 0 Å². The number of fused-ring (bicyclic) bond motifs is 1. The molecule has 1 N–H and O–H groups in total. The van der Waals surface area contributed by atoms with Crippen LogP contribution in [0.2, 0.25) is 0 Å². The van der Waals surface area contributed by atoms with Gasteiger partial charge >= 0.3 is 0 Å². The number of benzene rings is 1. The van der Waals surface area contributed by atoms with Crippen molar-refractivity contribution in [1.29, 1.82) is 0 Å². The highest BCUT2D eigenvalue weighted by Crippen LogP contribution is 2.20. The molecule has 0 bridgehead atoms. The summed E-state index contributed by atoms with van der Waals surface area (Å²) < 4.78 is 1.02. The number of rotatable bonds is 1. The Morgan fingerprint density at radius 2 is 2.15 bits per heavy atom. The van der Waals surface area contributed by atoms with Gasteiger partial charge in [-0.05, 0) is 24.3 Å². The van der Waals surface area contributed by atoms with Gasteiger partial charge in [0.25, 0.3) is 0 Å². The number of hydrogen-bond donors (Lipinski definition) is 1. The first kappa shape index (κ1) is 8.51. The van der Waals surface area contributed by atoms with Crippen LogP contribution in [-0.2, 0) is 0 Å². The highest BCUT2D eigenvalue weighted by molar-refractivity contribution is 9.10. The molecule has 0 aliphatic heterocycles. The summed E-state index contributed by atoms with van der Waals surface area (Å²) in [5.41, 5.74) is 1.65. The van der Waals surface area contributed by atoms with Gasteiger partial charge in [0, 0.05) is 22.3 Å². The van der Waals surface area contributed by atoms with E-state index < -0.39 is 0 Å². The molecule has 1 heterocycles. The van der Waals surface area contributed by atoms with E-state index in [0.29, 0.717) is 5.69 Å². The van der Waals surface area contributed by atoms with Crippen LogP contribution in [0.4, 0.5) is 0 Å². The van der Waals surface area contributed by atoms with Crippen molar-refractivity contribution in [3.05, 3.63) is 34.4 Å². The Bertz CT molecular complexity index is 473. The molecule has 0 amide bonds. The summed E-state index contributed by atoms with van der Waals surface area (Å²) in [7, 11) is 0. The molecule has 0 spiro atoms. The van der Waals surface area contributed by atoms with Crippen LogP contribution in [0.1, 0.15) is 17.4 Å². The van der Waals surface area contributed by atoms with Crippen molar-refractivity contribution in [2.24, 2.45) is 0 Å². The van der Waals surface area contributed by atoms with E-state index in [1.807, 2.05) is 24.3 Å². The molecule has 1 aromatic heterocycles. The molecule has 0 aliphatic rings. The second-order valence-corrected chi connectivity index (χ2v) is 3.89. The number of halogens is 1. The number of hydrogen-bond acceptors (Lipinski definition) is 1. The largest absolute Gasteiger partial charge is 0.352 e. The van der Waals surface area contributed by atoms with Crippen LogP contribution in [0.15, 0.2) is 28.7 Å². The summed E-state index contributed by atoms with van der Waals surface area (Å²) in [5.74, 6) is 0.0623. The number of aromatic amines is 1. The Balaban J connectivity index is 2.68. The Morgan fingerprint density at radius 1 is 1.38 bits per heavy atom. The molecule has 2 nitrogen and oxygen atoms in total. The Hall–Kier alpha value is -1.09. The monoisotopic (exact) mass is 237 g/mol. The first-order valence-corrected chi connectivity index (χ1v) is 4.75. The standard InChI is InChI=1S/C10H8BrNO/c1-6(13)10-5-7-4-8(11)2-3-9(7)12-10/h2-5,12H,1H3. The fourth-order valence-electron chi connectivity index (χ4n) is 1.29. The van der Waals surface area contributed by atoms with Gasteiger partial charge in [-0.3, -0.25) is 4.79 Å². The summed E-state index contributed by atoms with van der Waals surface area (Å²) in [6.07, 6.45) is 0. The Morgan fingerprint density at radius 3 is 2.85 bits per heavy atom. The minimum atomic E-state index is 0.0623. The van der Waals surface area contributed by atoms with Crippen LogP contribution in [0.25, 0.3) is 10.9 Å². The fraction of sp³-hybridized carbons (Fsp3) is 0.100. The number of Topliss-reactive ketones (excluding diaryl/α,β-unsaturated/α-hetero) is 1. The average Bonchev–Trinajstić information content (AvgIpc) is 2.46. The minimum Gasteiger partial charge on any atom is -0.352 e. The van der Waals surface area contributed by atoms with Crippen molar-refractivity contribution >= 4 is 32.6 Å². The van der Waals surface area contributed by atoms with E-state index in [2.05, 4.69) is 20.9 Å². The van der Waals surface area contributed by atoms with Gasteiger partial charge in [0.2, 0.25) is 0 Å². The molecule has 3 heteroatoms. The first-order chi connectivity index (χ1) is 6.16. The van der Waals surface area contributed by atoms with Crippen molar-refractivity contribution in [3.8, 4) is 0 Å². The smallest absolute Gasteiger partial charge is 0.175 e. The minimum absolute atomic E-state index is 0.0623. The lowest BCUT2D eigenvalue weighted by Crippen LogP contribution is -1.89. The van der Waals surface area contributed by atoms with Gasteiger partial charge in [0.05, 0.1) is 5.69 Å². The number of carbonyl (C=O) groups excluding carboxylic acids is 1. The Kier molecular flexibility index (Phi) is 1.96. The van der Waals surface area contributed by atoms with Crippen LogP contribution in [0.5, 0.6) is 0 Å². The van der Waals surface area contributed by atoms with Gasteiger partial charge < -0.3 is 4.98 Å². The molecular formula is C10H8BrNO. The number of aromatic nitrogens is 1. The third kappa shape index (κ3) is 1.52. The molecule has 66 valence electrons. The quantitative estimate of drug-likeness (QED) is 0.760. The lowest BCUT2D eigenvalue weighted by molar-refractivity contribution is 0.101. The van der Waals surface area contributed by atoms with Crippen molar-refractivity contribution in [1.82, 2.24) is 4.98 Å². The normalized spacial score (nSPS) is 10.6. The molecule has 0 radical (unpaired) electrons. The molecule has 0 aliphatic carbocycles. The number of ketones is 1. The third-order valence-electron chi connectivity index (χ3n) is 1.96. The number of carbonyl (C=O) groups is 1. The van der Waals surface area contributed by atoms with Gasteiger partial charge in [-0.15, -0.1) is 0 Å². The van der Waals surface area contributed by atoms with Crippen LogP contribution in [0, 0.1) is 0 Å². The molecule has 2 aromatic rings. The lowest BCUT2D eigenvalue weighted by atomic mass is 10.2. The van der Waals surface area contributed by atoms with E-state index in [1.165, 1.54) is 0 Å². The van der Waals surface area contributed by atoms with E-state index in [-0.39, 0.29) is 5.78 Å². The summed E-state index contributed by atoms with van der Waals surface area (Å²) in [5, 5.41) is 1.06. The fourth-order valence-corrected chi connectivity index (χ4v) is 1.67. The van der Waals surface area contributed by atoms with Crippen molar-refractivity contribution in [2.45, 2.75) is 6.92 Å². The SMILES string of the molecule is CC(=O)c1cc2cc(Br)ccc2[nH]1. The van der Waals surface area contributed by atoms with Gasteiger partial charge in [0.15, 0.2) is 5.78 Å². The summed E-state index contributed by atoms with van der Waals surface area (Å²) in [6, 6.07) is 7.75. The zero-order chi connectivity index (χ0) is 9.42. The van der Waals surface area contributed by atoms with Gasteiger partial charge in [-0.1, -0.05) is 15.9 Å². The second kappa shape index (κ2) is 3.00. The lowest BCUT2D eigenvalue weighted by Gasteiger charge is -1.89. The zero-order valence-electron chi connectivity index (χ0n) is 7.10. The number of nitrogens with one attached hydrogen (secondary N) is 1. The summed E-state index contributed by atoms with van der Waals surface area (Å²) in [6.45, 7) is 1.56. The maximum absolute atomic E-state index is 11.1. The molecule has 0 atom stereocenters. The molecule has 0 fully saturated rings. The third-order valence-corrected chi connectivity index (χ3v) is 2.46. The van der Waals surface area contributed by atoms with Crippen molar-refractivity contribution in [3.63, 3.8) is 0 Å². The molecule has 0 saturated heterocycles. The average molecular weight is 238 g/mol. The predicted molar refractivity (Wildman–Crippen MR) is 56.0 cm³/mol. The highest BCUT2D eigenvalue weighted by atomic mass is 79.9. The molecule has 0 unspecified atom stereocenters. The van der Waals surface area contributed by atoms with Crippen LogP contribution >= 0.6 is 15.9 Å². The molecule has 2 rings (SSSR count). The number of H-pyrrole nitrogens is 1. The maximum atomic E-state index is 11.1. The molecule has 13 heavy (non-hydrogen) atoms. The van der Waals surface area contributed by atoms with E-state index in [9.17, 15) is 4.79 Å². The highest BCUT2D eigenvalue weighted by Gasteiger charge is 2.03. The van der Waals surface area contributed by atoms with Crippen molar-refractivity contribution in [2.75, 3.05) is 0 Å². The van der Waals surface area contributed by atoms with Gasteiger partial charge in [0.1, 0.15) is 0 Å². The van der Waals surface area contributed by atoms with Crippen LogP contribution in [-0.4, -0.2) is 10.8 Å². The summed E-state index contributed by atoms with van der Waals surface area (Å²) in [4.78, 5) is 14.1. The van der Waals surface area contributed by atoms with E-state index in [0.717, 1.165) is 15.4 Å². The topological polar surface area (TPSA) is 32.9 Å². The van der Waals surface area contributed by atoms with Gasteiger partial charge in [-0.2, -0.15) is 0 Å². The summed E-state index contributed by atoms with van der Waals surface area (Å²) >= 11 is 3.38. The first-order valence-electron chi connectivity index (χ1n) is 3.96. The molecule has 1 aromatic carbocycles. The predicted octanol–water partition coefficient (Wildman–Crippen LogP) is 3.13. The van der Waals surface area contributed by atoms with Gasteiger partial charge in [-0.25, -0.2) is 0 Å². The Labute approximate surface area is 84.1 Å². The van der Waals surface area contributed by atoms with E-state index in [1.54, 1.807) is 6.92 Å².